The Morgan fingerprint density at radius 3 is 1.76 bits per heavy atom. The molecule has 4 heterocycles. The number of fused-ring (bicyclic) bond motifs is 2. The summed E-state index contributed by atoms with van der Waals surface area (Å²) in [7, 11) is 0. The van der Waals surface area contributed by atoms with Crippen molar-refractivity contribution in [1.82, 2.24) is 24.1 Å². The van der Waals surface area contributed by atoms with Crippen LogP contribution in [0.25, 0.3) is 33.3 Å². The maximum atomic E-state index is 6.07. The minimum Gasteiger partial charge on any atom is -0.311 e. The Kier molecular flexibility index (Phi) is 8.74. The lowest BCUT2D eigenvalue weighted by atomic mass is 9.89. The minimum absolute atomic E-state index is 0.470. The van der Waals surface area contributed by atoms with E-state index in [0.717, 1.165) is 41.3 Å². The van der Waals surface area contributed by atoms with Crippen LogP contribution >= 0.6 is 11.6 Å². The summed E-state index contributed by atoms with van der Waals surface area (Å²) in [6, 6.07) is 29.4. The summed E-state index contributed by atoms with van der Waals surface area (Å²) < 4.78 is 4.26. The van der Waals surface area contributed by atoms with Gasteiger partial charge in [0.2, 0.25) is 0 Å². The van der Waals surface area contributed by atoms with Gasteiger partial charge in [0.25, 0.3) is 0 Å². The monoisotopic (exact) mass is 561 g/mol. The molecule has 6 heteroatoms. The summed E-state index contributed by atoms with van der Waals surface area (Å²) in [5.41, 5.74) is 9.49. The highest BCUT2D eigenvalue weighted by atomic mass is 35.5. The Hall–Kier alpha value is -3.93. The van der Waals surface area contributed by atoms with Crippen molar-refractivity contribution in [3.63, 3.8) is 0 Å². The first kappa shape index (κ1) is 27.3. The molecule has 1 N–H and O–H groups in total. The molecule has 0 saturated heterocycles. The van der Waals surface area contributed by atoms with Crippen molar-refractivity contribution in [3.8, 4) is 22.3 Å². The largest absolute Gasteiger partial charge is 0.311 e. The molecule has 0 spiro atoms. The van der Waals surface area contributed by atoms with Crippen LogP contribution in [-0.4, -0.2) is 25.3 Å². The molecule has 1 saturated carbocycles. The quantitative estimate of drug-likeness (QED) is 0.199. The molecule has 0 atom stereocenters. The van der Waals surface area contributed by atoms with E-state index in [-0.39, 0.29) is 0 Å². The highest BCUT2D eigenvalue weighted by molar-refractivity contribution is 6.17. The average Bonchev–Trinajstić information content (AvgIpc) is 3.73. The lowest BCUT2D eigenvalue weighted by molar-refractivity contribution is 0.341. The van der Waals surface area contributed by atoms with E-state index >= 15 is 0 Å². The van der Waals surface area contributed by atoms with Crippen LogP contribution in [0.3, 0.4) is 0 Å². The SMILES string of the molecule is ClCc1c(-c2ccccc2)ccc2cncn12.c1ccc(-c2ccc3cncn3c2CNCC2CCCCC2)cc1. The van der Waals surface area contributed by atoms with E-state index in [1.807, 2.05) is 41.3 Å². The number of halogens is 1. The molecule has 0 bridgehead atoms. The Labute approximate surface area is 246 Å². The van der Waals surface area contributed by atoms with E-state index < -0.39 is 0 Å². The number of imidazole rings is 2. The van der Waals surface area contributed by atoms with E-state index in [9.17, 15) is 0 Å². The van der Waals surface area contributed by atoms with Gasteiger partial charge in [-0.3, -0.25) is 0 Å². The fourth-order valence-electron chi connectivity index (χ4n) is 5.96. The first-order valence-electron chi connectivity index (χ1n) is 14.6. The minimum atomic E-state index is 0.470. The van der Waals surface area contributed by atoms with Crippen LogP contribution in [0.1, 0.15) is 43.5 Å². The molecule has 0 unspecified atom stereocenters. The molecule has 7 rings (SSSR count). The number of hydrogen-bond acceptors (Lipinski definition) is 3. The van der Waals surface area contributed by atoms with Crippen LogP contribution in [0.15, 0.2) is 110 Å². The first-order chi connectivity index (χ1) is 20.3. The van der Waals surface area contributed by atoms with Crippen LogP contribution < -0.4 is 5.32 Å². The summed E-state index contributed by atoms with van der Waals surface area (Å²) in [6.45, 7) is 2.01. The normalized spacial score (nSPS) is 13.8. The molecule has 4 aromatic heterocycles. The summed E-state index contributed by atoms with van der Waals surface area (Å²) in [6.07, 6.45) is 14.5. The topological polar surface area (TPSA) is 46.6 Å². The molecule has 41 heavy (non-hydrogen) atoms. The van der Waals surface area contributed by atoms with Crippen molar-refractivity contribution in [2.45, 2.75) is 44.5 Å². The molecular formula is C35H36ClN5. The third-order valence-corrected chi connectivity index (χ3v) is 8.38. The number of nitrogens with zero attached hydrogens (tertiary/aromatic N) is 4. The van der Waals surface area contributed by atoms with Gasteiger partial charge in [0, 0.05) is 29.1 Å². The number of benzene rings is 2. The molecule has 1 fully saturated rings. The van der Waals surface area contributed by atoms with Crippen molar-refractivity contribution in [2.75, 3.05) is 6.54 Å². The van der Waals surface area contributed by atoms with E-state index in [2.05, 4.69) is 86.4 Å². The van der Waals surface area contributed by atoms with E-state index in [1.54, 1.807) is 6.33 Å². The number of rotatable bonds is 7. The van der Waals surface area contributed by atoms with Gasteiger partial charge in [-0.1, -0.05) is 92.1 Å². The predicted molar refractivity (Wildman–Crippen MR) is 169 cm³/mol. The predicted octanol–water partition coefficient (Wildman–Crippen LogP) is 8.41. The highest BCUT2D eigenvalue weighted by Gasteiger charge is 2.14. The summed E-state index contributed by atoms with van der Waals surface area (Å²) in [4.78, 5) is 8.48. The zero-order valence-corrected chi connectivity index (χ0v) is 24.0. The number of pyridine rings is 2. The van der Waals surface area contributed by atoms with Crippen molar-refractivity contribution >= 4 is 22.6 Å². The zero-order valence-electron chi connectivity index (χ0n) is 23.3. The molecule has 0 aliphatic heterocycles. The molecule has 5 nitrogen and oxygen atoms in total. The van der Waals surface area contributed by atoms with Gasteiger partial charge in [-0.15, -0.1) is 11.6 Å². The number of nitrogens with one attached hydrogen (secondary N) is 1. The summed E-state index contributed by atoms with van der Waals surface area (Å²) >= 11 is 6.07. The average molecular weight is 562 g/mol. The molecule has 1 aliphatic carbocycles. The van der Waals surface area contributed by atoms with Gasteiger partial charge in [-0.05, 0) is 48.6 Å². The van der Waals surface area contributed by atoms with Crippen LogP contribution in [0.2, 0.25) is 0 Å². The highest BCUT2D eigenvalue weighted by Crippen LogP contribution is 2.27. The van der Waals surface area contributed by atoms with Gasteiger partial charge < -0.3 is 14.1 Å². The molecule has 2 aromatic carbocycles. The van der Waals surface area contributed by atoms with Gasteiger partial charge in [0.1, 0.15) is 0 Å². The number of alkyl halides is 1. The van der Waals surface area contributed by atoms with Gasteiger partial charge in [0.15, 0.2) is 0 Å². The third-order valence-electron chi connectivity index (χ3n) is 8.13. The molecule has 6 aromatic rings. The first-order valence-corrected chi connectivity index (χ1v) is 15.1. The lowest BCUT2D eigenvalue weighted by Gasteiger charge is -2.22. The summed E-state index contributed by atoms with van der Waals surface area (Å²) in [5, 5.41) is 3.71. The van der Waals surface area contributed by atoms with Crippen molar-refractivity contribution in [1.29, 1.82) is 0 Å². The lowest BCUT2D eigenvalue weighted by Crippen LogP contribution is -2.25. The standard InChI is InChI=1S/C21H25N3.C14H11ClN2/c1-3-7-17(8-4-1)13-22-15-21-20(18-9-5-2-6-10-18)12-11-19-14-23-16-24(19)21;15-8-14-13(11-4-2-1-3-5-11)7-6-12-9-16-10-17(12)14/h2,5-6,9-12,14,16-17,22H,1,3-4,7-8,13,15H2;1-7,9-10H,8H2. The zero-order chi connectivity index (χ0) is 27.9. The van der Waals surface area contributed by atoms with Gasteiger partial charge >= 0.3 is 0 Å². The fourth-order valence-corrected chi connectivity index (χ4v) is 6.23. The number of aromatic nitrogens is 4. The third kappa shape index (κ3) is 6.22. The van der Waals surface area contributed by atoms with Gasteiger partial charge in [-0.2, -0.15) is 0 Å². The van der Waals surface area contributed by atoms with Gasteiger partial charge in [0.05, 0.1) is 42.0 Å². The Morgan fingerprint density at radius 2 is 1.20 bits per heavy atom. The molecular weight excluding hydrogens is 526 g/mol. The van der Waals surface area contributed by atoms with E-state index in [4.69, 9.17) is 11.6 Å². The Balaban J connectivity index is 0.000000156. The van der Waals surface area contributed by atoms with Crippen LogP contribution in [-0.2, 0) is 12.4 Å². The second kappa shape index (κ2) is 13.2. The second-order valence-electron chi connectivity index (χ2n) is 10.8. The second-order valence-corrected chi connectivity index (χ2v) is 11.0. The van der Waals surface area contributed by atoms with Crippen molar-refractivity contribution in [2.24, 2.45) is 5.92 Å². The maximum Gasteiger partial charge on any atom is 0.0994 e. The molecule has 0 amide bonds. The summed E-state index contributed by atoms with van der Waals surface area (Å²) in [5.74, 6) is 1.32. The van der Waals surface area contributed by atoms with Crippen molar-refractivity contribution < 1.29 is 0 Å². The maximum absolute atomic E-state index is 6.07. The number of hydrogen-bond donors (Lipinski definition) is 1. The van der Waals surface area contributed by atoms with Crippen LogP contribution in [0, 0.1) is 5.92 Å². The Morgan fingerprint density at radius 1 is 0.659 bits per heavy atom. The fraction of sp³-hybridized carbons (Fsp3) is 0.257. The van der Waals surface area contributed by atoms with Gasteiger partial charge in [-0.25, -0.2) is 9.97 Å². The Bertz CT molecular complexity index is 1680. The van der Waals surface area contributed by atoms with Crippen LogP contribution in [0.5, 0.6) is 0 Å². The van der Waals surface area contributed by atoms with Crippen LogP contribution in [0.4, 0.5) is 0 Å². The molecule has 1 aliphatic rings. The van der Waals surface area contributed by atoms with E-state index in [0.29, 0.717) is 5.88 Å². The van der Waals surface area contributed by atoms with E-state index in [1.165, 1.54) is 54.5 Å². The van der Waals surface area contributed by atoms with Crippen molar-refractivity contribution in [3.05, 3.63) is 121 Å². The molecule has 208 valence electrons. The molecule has 0 radical (unpaired) electrons. The smallest absolute Gasteiger partial charge is 0.0994 e.